The number of aryl methyl sites for hydroxylation is 1. The van der Waals surface area contributed by atoms with Crippen LogP contribution in [-0.2, 0) is 19.3 Å². The molecule has 0 saturated heterocycles. The van der Waals surface area contributed by atoms with Gasteiger partial charge in [0, 0.05) is 6.20 Å². The quantitative estimate of drug-likeness (QED) is 0.789. The van der Waals surface area contributed by atoms with Crippen molar-refractivity contribution in [3.05, 3.63) is 47.2 Å². The van der Waals surface area contributed by atoms with Crippen LogP contribution in [0.3, 0.4) is 0 Å². The van der Waals surface area contributed by atoms with Gasteiger partial charge in [-0.05, 0) is 32.9 Å². The van der Waals surface area contributed by atoms with Crippen LogP contribution >= 0.6 is 0 Å². The molecule has 0 unspecified atom stereocenters. The fourth-order valence-electron chi connectivity index (χ4n) is 2.23. The van der Waals surface area contributed by atoms with Crippen LogP contribution in [-0.4, -0.2) is 38.6 Å². The number of esters is 2. The molecule has 0 aliphatic rings. The molecular weight excluding hydrogens is 346 g/mol. The number of aromatic amines is 1. The van der Waals surface area contributed by atoms with Gasteiger partial charge in [-0.1, -0.05) is 17.7 Å². The molecule has 1 aromatic heterocycles. The molecule has 7 nitrogen and oxygen atoms in total. The Morgan fingerprint density at radius 2 is 1.56 bits per heavy atom. The van der Waals surface area contributed by atoms with Crippen molar-refractivity contribution >= 4 is 21.8 Å². The van der Waals surface area contributed by atoms with Gasteiger partial charge in [-0.2, -0.15) is 0 Å². The molecule has 0 aliphatic heterocycles. The summed E-state index contributed by atoms with van der Waals surface area (Å²) in [5, 5.41) is -0.391. The van der Waals surface area contributed by atoms with Crippen molar-refractivity contribution in [2.45, 2.75) is 30.7 Å². The van der Waals surface area contributed by atoms with Crippen LogP contribution in [0.2, 0.25) is 0 Å². The lowest BCUT2D eigenvalue weighted by Crippen LogP contribution is -2.16. The molecule has 0 spiro atoms. The Hall–Kier alpha value is -2.61. The molecular formula is C17H19NO6S. The van der Waals surface area contributed by atoms with E-state index < -0.39 is 26.8 Å². The molecule has 0 amide bonds. The first kappa shape index (κ1) is 18.7. The summed E-state index contributed by atoms with van der Waals surface area (Å²) < 4.78 is 35.6. The fraction of sp³-hybridized carbons (Fsp3) is 0.294. The monoisotopic (exact) mass is 365 g/mol. The average molecular weight is 365 g/mol. The van der Waals surface area contributed by atoms with E-state index >= 15 is 0 Å². The van der Waals surface area contributed by atoms with Gasteiger partial charge >= 0.3 is 11.9 Å². The highest BCUT2D eigenvalue weighted by molar-refractivity contribution is 7.91. The van der Waals surface area contributed by atoms with Crippen molar-refractivity contribution in [1.82, 2.24) is 4.98 Å². The number of rotatable bonds is 6. The van der Waals surface area contributed by atoms with E-state index in [0.29, 0.717) is 0 Å². The molecule has 2 aromatic rings. The van der Waals surface area contributed by atoms with Crippen LogP contribution < -0.4 is 0 Å². The van der Waals surface area contributed by atoms with E-state index in [1.165, 1.54) is 12.1 Å². The number of hydrogen-bond donors (Lipinski definition) is 1. The van der Waals surface area contributed by atoms with Gasteiger partial charge in [-0.3, -0.25) is 0 Å². The van der Waals surface area contributed by atoms with Crippen molar-refractivity contribution < 1.29 is 27.5 Å². The Balaban J connectivity index is 2.62. The summed E-state index contributed by atoms with van der Waals surface area (Å²) in [6.07, 6.45) is 1.14. The molecule has 1 N–H and O–H groups in total. The van der Waals surface area contributed by atoms with E-state index in [1.807, 2.05) is 6.92 Å². The summed E-state index contributed by atoms with van der Waals surface area (Å²) in [6, 6.07) is 6.16. The van der Waals surface area contributed by atoms with E-state index in [-0.39, 0.29) is 29.2 Å². The van der Waals surface area contributed by atoms with Crippen LogP contribution in [0.15, 0.2) is 40.4 Å². The first-order valence-corrected chi connectivity index (χ1v) is 9.18. The zero-order valence-corrected chi connectivity index (χ0v) is 15.0. The zero-order valence-electron chi connectivity index (χ0n) is 14.2. The Labute approximate surface area is 145 Å². The van der Waals surface area contributed by atoms with Crippen molar-refractivity contribution in [3.63, 3.8) is 0 Å². The van der Waals surface area contributed by atoms with Crippen LogP contribution in [0.25, 0.3) is 0 Å². The molecule has 8 heteroatoms. The van der Waals surface area contributed by atoms with Gasteiger partial charge in [-0.15, -0.1) is 0 Å². The Bertz CT molecular complexity index is 880. The highest BCUT2D eigenvalue weighted by Crippen LogP contribution is 2.27. The van der Waals surface area contributed by atoms with E-state index in [1.54, 1.807) is 26.0 Å². The maximum atomic E-state index is 12.9. The van der Waals surface area contributed by atoms with Crippen LogP contribution in [0.5, 0.6) is 0 Å². The lowest BCUT2D eigenvalue weighted by atomic mass is 10.2. The standard InChI is InChI=1S/C17H19NO6S/c1-4-23-16(19)13-10-18-15(14(13)17(20)24-5-2)25(21,22)12-8-6-11(3)7-9-12/h6-10,18H,4-5H2,1-3H3. The summed E-state index contributed by atoms with van der Waals surface area (Å²) in [5.41, 5.74) is 0.370. The van der Waals surface area contributed by atoms with Gasteiger partial charge in [-0.25, -0.2) is 18.0 Å². The summed E-state index contributed by atoms with van der Waals surface area (Å²) >= 11 is 0. The first-order valence-electron chi connectivity index (χ1n) is 7.70. The van der Waals surface area contributed by atoms with E-state index in [2.05, 4.69) is 4.98 Å². The van der Waals surface area contributed by atoms with Crippen LogP contribution in [0.1, 0.15) is 40.1 Å². The summed E-state index contributed by atoms with van der Waals surface area (Å²) in [4.78, 5) is 26.8. The predicted molar refractivity (Wildman–Crippen MR) is 89.3 cm³/mol. The number of sulfone groups is 1. The average Bonchev–Trinajstić information content (AvgIpc) is 3.01. The first-order chi connectivity index (χ1) is 11.8. The predicted octanol–water partition coefficient (Wildman–Crippen LogP) is 2.51. The van der Waals surface area contributed by atoms with Crippen LogP contribution in [0, 0.1) is 6.92 Å². The minimum atomic E-state index is -4.04. The smallest absolute Gasteiger partial charge is 0.341 e. The van der Waals surface area contributed by atoms with Gasteiger partial charge in [0.1, 0.15) is 5.56 Å². The molecule has 0 bridgehead atoms. The van der Waals surface area contributed by atoms with Crippen molar-refractivity contribution in [1.29, 1.82) is 0 Å². The van der Waals surface area contributed by atoms with E-state index in [0.717, 1.165) is 11.8 Å². The van der Waals surface area contributed by atoms with Crippen molar-refractivity contribution in [2.24, 2.45) is 0 Å². The molecule has 0 radical (unpaired) electrons. The second-order valence-corrected chi connectivity index (χ2v) is 7.05. The number of benzene rings is 1. The summed E-state index contributed by atoms with van der Waals surface area (Å²) in [6.45, 7) is 5.15. The molecule has 1 aromatic carbocycles. The molecule has 2 rings (SSSR count). The lowest BCUT2D eigenvalue weighted by molar-refractivity contribution is 0.0477. The fourth-order valence-corrected chi connectivity index (χ4v) is 3.63. The zero-order chi connectivity index (χ0) is 18.6. The number of H-pyrrole nitrogens is 1. The topological polar surface area (TPSA) is 103 Å². The number of carbonyl (C=O) groups excluding carboxylic acids is 2. The molecule has 0 fully saturated rings. The third-order valence-corrected chi connectivity index (χ3v) is 5.17. The Kier molecular flexibility index (Phi) is 5.63. The SMILES string of the molecule is CCOC(=O)c1c[nH]c(S(=O)(=O)c2ccc(C)cc2)c1C(=O)OCC. The van der Waals surface area contributed by atoms with Gasteiger partial charge in [0.05, 0.1) is 23.7 Å². The third kappa shape index (κ3) is 3.74. The molecule has 0 saturated carbocycles. The largest absolute Gasteiger partial charge is 0.462 e. The number of ether oxygens (including phenoxy) is 2. The summed E-state index contributed by atoms with van der Waals surface area (Å²) in [5.74, 6) is -1.70. The second-order valence-electron chi connectivity index (χ2n) is 5.16. The van der Waals surface area contributed by atoms with Gasteiger partial charge < -0.3 is 14.5 Å². The number of nitrogens with one attached hydrogen (secondary N) is 1. The Morgan fingerprint density at radius 1 is 1.00 bits per heavy atom. The van der Waals surface area contributed by atoms with Crippen molar-refractivity contribution in [3.8, 4) is 0 Å². The molecule has 0 atom stereocenters. The maximum absolute atomic E-state index is 12.9. The van der Waals surface area contributed by atoms with Crippen LogP contribution in [0.4, 0.5) is 0 Å². The number of aromatic nitrogens is 1. The minimum Gasteiger partial charge on any atom is -0.462 e. The number of carbonyl (C=O) groups is 2. The highest BCUT2D eigenvalue weighted by atomic mass is 32.2. The van der Waals surface area contributed by atoms with Gasteiger partial charge in [0.25, 0.3) is 0 Å². The van der Waals surface area contributed by atoms with Gasteiger partial charge in [0.15, 0.2) is 5.03 Å². The maximum Gasteiger partial charge on any atom is 0.341 e. The van der Waals surface area contributed by atoms with Gasteiger partial charge in [0.2, 0.25) is 9.84 Å². The highest BCUT2D eigenvalue weighted by Gasteiger charge is 2.32. The molecule has 0 aliphatic carbocycles. The Morgan fingerprint density at radius 3 is 2.12 bits per heavy atom. The lowest BCUT2D eigenvalue weighted by Gasteiger charge is -2.08. The summed E-state index contributed by atoms with van der Waals surface area (Å²) in [7, 11) is -4.04. The van der Waals surface area contributed by atoms with Crippen molar-refractivity contribution in [2.75, 3.05) is 13.2 Å². The minimum absolute atomic E-state index is 0.000840. The van der Waals surface area contributed by atoms with E-state index in [9.17, 15) is 18.0 Å². The molecule has 25 heavy (non-hydrogen) atoms. The third-order valence-electron chi connectivity index (χ3n) is 3.42. The van der Waals surface area contributed by atoms with E-state index in [4.69, 9.17) is 9.47 Å². The molecule has 134 valence electrons. The second kappa shape index (κ2) is 7.52. The number of hydrogen-bond acceptors (Lipinski definition) is 6. The normalized spacial score (nSPS) is 11.2. The molecule has 1 heterocycles.